The molecule has 0 aromatic heterocycles. The molecule has 0 heterocycles. The molecule has 0 atom stereocenters. The molecule has 0 bridgehead atoms. The van der Waals surface area contributed by atoms with Crippen LogP contribution in [0.2, 0.25) is 0 Å². The molecule has 2 aliphatic rings. The van der Waals surface area contributed by atoms with E-state index in [0.717, 1.165) is 31.2 Å². The first-order valence-corrected chi connectivity index (χ1v) is 13.8. The zero-order chi connectivity index (χ0) is 22.6. The van der Waals surface area contributed by atoms with E-state index in [2.05, 4.69) is 4.90 Å². The van der Waals surface area contributed by atoms with Crippen LogP contribution in [-0.4, -0.2) is 31.3 Å². The van der Waals surface area contributed by atoms with Crippen LogP contribution in [0.4, 0.5) is 0 Å². The summed E-state index contributed by atoms with van der Waals surface area (Å²) < 4.78 is 25.6. The maximum absolute atomic E-state index is 13.6. The summed E-state index contributed by atoms with van der Waals surface area (Å²) in [6.45, 7) is 1.94. The van der Waals surface area contributed by atoms with Gasteiger partial charge in [-0.1, -0.05) is 68.4 Å². The quantitative estimate of drug-likeness (QED) is 0.533. The molecule has 2 aliphatic carbocycles. The van der Waals surface area contributed by atoms with Crippen LogP contribution in [-0.2, 0) is 15.6 Å². The molecular formula is C27H35NO3S. The molecule has 32 heavy (non-hydrogen) atoms. The van der Waals surface area contributed by atoms with Crippen molar-refractivity contribution in [1.29, 1.82) is 0 Å². The second-order valence-electron chi connectivity index (χ2n) is 9.57. The number of rotatable bonds is 6. The largest absolute Gasteiger partial charge is 0.333 e. The van der Waals surface area contributed by atoms with Crippen molar-refractivity contribution >= 4 is 15.7 Å². The summed E-state index contributed by atoms with van der Waals surface area (Å²) in [7, 11) is -3.41. The summed E-state index contributed by atoms with van der Waals surface area (Å²) in [5.74, 6) is 0.0659. The van der Waals surface area contributed by atoms with Crippen molar-refractivity contribution in [2.24, 2.45) is 0 Å². The van der Waals surface area contributed by atoms with Crippen LogP contribution in [0, 0.1) is 6.92 Å². The highest BCUT2D eigenvalue weighted by Gasteiger charge is 2.33. The second-order valence-corrected chi connectivity index (χ2v) is 11.6. The van der Waals surface area contributed by atoms with Gasteiger partial charge in [0.1, 0.15) is 0 Å². The molecule has 4 rings (SSSR count). The smallest absolute Gasteiger partial charge is 0.254 e. The van der Waals surface area contributed by atoms with Crippen LogP contribution in [0.15, 0.2) is 53.4 Å². The monoisotopic (exact) mass is 453 g/mol. The Labute approximate surface area is 192 Å². The van der Waals surface area contributed by atoms with Gasteiger partial charge in [0.15, 0.2) is 9.84 Å². The van der Waals surface area contributed by atoms with E-state index in [4.69, 9.17) is 0 Å². The molecule has 2 aromatic rings. The topological polar surface area (TPSA) is 54.5 Å². The van der Waals surface area contributed by atoms with Crippen molar-refractivity contribution in [2.75, 3.05) is 0 Å². The Balaban J connectivity index is 1.51. The number of sulfone groups is 1. The van der Waals surface area contributed by atoms with Gasteiger partial charge in [-0.3, -0.25) is 4.79 Å². The van der Waals surface area contributed by atoms with Crippen LogP contribution in [0.1, 0.15) is 85.7 Å². The molecular weight excluding hydrogens is 418 g/mol. The van der Waals surface area contributed by atoms with Gasteiger partial charge in [0, 0.05) is 17.6 Å². The minimum atomic E-state index is -3.41. The Kier molecular flexibility index (Phi) is 7.34. The standard InChI is InChI=1S/C27H35NO3S/c1-21-12-18-26(19-13-21)32(30,31)20-22-14-16-23(17-15-22)27(29)28(24-8-4-2-5-9-24)25-10-6-3-7-11-25/h12-19,24-25H,2-11,20H2,1H3. The van der Waals surface area contributed by atoms with Gasteiger partial charge in [-0.25, -0.2) is 8.42 Å². The fourth-order valence-electron chi connectivity index (χ4n) is 5.29. The zero-order valence-corrected chi connectivity index (χ0v) is 19.9. The summed E-state index contributed by atoms with van der Waals surface area (Å²) >= 11 is 0. The third kappa shape index (κ3) is 5.43. The number of carbonyl (C=O) groups excluding carboxylic acids is 1. The summed E-state index contributed by atoms with van der Waals surface area (Å²) in [4.78, 5) is 16.1. The highest BCUT2D eigenvalue weighted by molar-refractivity contribution is 7.90. The highest BCUT2D eigenvalue weighted by atomic mass is 32.2. The number of benzene rings is 2. The molecule has 2 saturated carbocycles. The Morgan fingerprint density at radius 1 is 0.781 bits per heavy atom. The van der Waals surface area contributed by atoms with Gasteiger partial charge in [-0.15, -0.1) is 0 Å². The third-order valence-electron chi connectivity index (χ3n) is 7.11. The Morgan fingerprint density at radius 2 is 1.28 bits per heavy atom. The van der Waals surface area contributed by atoms with Gasteiger partial charge in [0.2, 0.25) is 0 Å². The molecule has 0 aliphatic heterocycles. The van der Waals surface area contributed by atoms with Gasteiger partial charge >= 0.3 is 0 Å². The van der Waals surface area contributed by atoms with Gasteiger partial charge in [-0.2, -0.15) is 0 Å². The van der Waals surface area contributed by atoms with Crippen LogP contribution < -0.4 is 0 Å². The first kappa shape index (κ1) is 23.0. The predicted molar refractivity (Wildman–Crippen MR) is 128 cm³/mol. The number of hydrogen-bond acceptors (Lipinski definition) is 3. The Morgan fingerprint density at radius 3 is 1.78 bits per heavy atom. The summed E-state index contributed by atoms with van der Waals surface area (Å²) in [6, 6.07) is 14.9. The molecule has 0 unspecified atom stereocenters. The van der Waals surface area contributed by atoms with E-state index in [1.54, 1.807) is 24.3 Å². The zero-order valence-electron chi connectivity index (χ0n) is 19.1. The van der Waals surface area contributed by atoms with Crippen LogP contribution in [0.3, 0.4) is 0 Å². The molecule has 0 saturated heterocycles. The highest BCUT2D eigenvalue weighted by Crippen LogP contribution is 2.31. The average molecular weight is 454 g/mol. The lowest BCUT2D eigenvalue weighted by atomic mass is 9.88. The molecule has 5 heteroatoms. The lowest BCUT2D eigenvalue weighted by Gasteiger charge is -2.42. The van der Waals surface area contributed by atoms with Crippen LogP contribution in [0.25, 0.3) is 0 Å². The van der Waals surface area contributed by atoms with Gasteiger partial charge in [0.05, 0.1) is 10.6 Å². The maximum atomic E-state index is 13.6. The Bertz CT molecular complexity index is 982. The molecule has 0 N–H and O–H groups in total. The number of hydrogen-bond donors (Lipinski definition) is 0. The van der Waals surface area contributed by atoms with Gasteiger partial charge in [-0.05, 0) is 62.4 Å². The van der Waals surface area contributed by atoms with E-state index in [-0.39, 0.29) is 11.7 Å². The van der Waals surface area contributed by atoms with Crippen molar-refractivity contribution in [2.45, 2.75) is 93.9 Å². The molecule has 2 fully saturated rings. The minimum Gasteiger partial charge on any atom is -0.333 e. The lowest BCUT2D eigenvalue weighted by Crippen LogP contribution is -2.48. The van der Waals surface area contributed by atoms with E-state index >= 15 is 0 Å². The first-order chi connectivity index (χ1) is 15.4. The summed E-state index contributed by atoms with van der Waals surface area (Å²) in [6.07, 6.45) is 11.8. The lowest BCUT2D eigenvalue weighted by molar-refractivity contribution is 0.0448. The van der Waals surface area contributed by atoms with E-state index in [1.165, 1.54) is 38.5 Å². The number of amides is 1. The molecule has 1 amide bonds. The third-order valence-corrected chi connectivity index (χ3v) is 8.81. The molecule has 2 aromatic carbocycles. The number of aryl methyl sites for hydroxylation is 1. The van der Waals surface area contributed by atoms with E-state index in [9.17, 15) is 13.2 Å². The van der Waals surface area contributed by atoms with Crippen molar-refractivity contribution < 1.29 is 13.2 Å². The maximum Gasteiger partial charge on any atom is 0.254 e. The number of carbonyl (C=O) groups is 1. The van der Waals surface area contributed by atoms with Crippen molar-refractivity contribution in [3.63, 3.8) is 0 Å². The van der Waals surface area contributed by atoms with Crippen LogP contribution in [0.5, 0.6) is 0 Å². The fourth-order valence-corrected chi connectivity index (χ4v) is 6.64. The van der Waals surface area contributed by atoms with Crippen LogP contribution >= 0.6 is 0 Å². The van der Waals surface area contributed by atoms with Gasteiger partial charge < -0.3 is 4.90 Å². The van der Waals surface area contributed by atoms with Gasteiger partial charge in [0.25, 0.3) is 5.91 Å². The van der Waals surface area contributed by atoms with E-state index < -0.39 is 9.84 Å². The summed E-state index contributed by atoms with van der Waals surface area (Å²) in [5, 5.41) is 0. The molecule has 0 spiro atoms. The minimum absolute atomic E-state index is 0.0561. The Hall–Kier alpha value is -2.14. The van der Waals surface area contributed by atoms with E-state index in [1.807, 2.05) is 31.2 Å². The van der Waals surface area contributed by atoms with Crippen molar-refractivity contribution in [1.82, 2.24) is 4.90 Å². The molecule has 172 valence electrons. The number of nitrogens with zero attached hydrogens (tertiary/aromatic N) is 1. The SMILES string of the molecule is Cc1ccc(S(=O)(=O)Cc2ccc(C(=O)N(C3CCCCC3)C3CCCCC3)cc2)cc1. The fraction of sp³-hybridized carbons (Fsp3) is 0.519. The normalized spacial score (nSPS) is 18.4. The van der Waals surface area contributed by atoms with E-state index in [0.29, 0.717) is 28.1 Å². The summed E-state index contributed by atoms with van der Waals surface area (Å²) in [5.41, 5.74) is 2.42. The first-order valence-electron chi connectivity index (χ1n) is 12.1. The predicted octanol–water partition coefficient (Wildman–Crippen LogP) is 6.08. The second kappa shape index (κ2) is 10.2. The van der Waals surface area contributed by atoms with Crippen molar-refractivity contribution in [3.8, 4) is 0 Å². The molecule has 0 radical (unpaired) electrons. The molecule has 4 nitrogen and oxygen atoms in total. The average Bonchev–Trinajstić information content (AvgIpc) is 2.81. The van der Waals surface area contributed by atoms with Crippen molar-refractivity contribution in [3.05, 3.63) is 65.2 Å².